The van der Waals surface area contributed by atoms with Crippen LogP contribution in [-0.2, 0) is 11.3 Å². The number of benzene rings is 2. The number of carbonyl (C=O) groups excluding carboxylic acids is 1. The Hall–Kier alpha value is -4.85. The Morgan fingerprint density at radius 2 is 1.85 bits per heavy atom. The number of allylic oxidation sites excluding steroid dienone is 1. The summed E-state index contributed by atoms with van der Waals surface area (Å²) in [6.07, 6.45) is 6.81. The molecule has 202 valence electrons. The molecule has 1 amide bonds. The van der Waals surface area contributed by atoms with Gasteiger partial charge in [-0.1, -0.05) is 6.08 Å². The molecule has 2 aromatic carbocycles. The lowest BCUT2D eigenvalue weighted by Gasteiger charge is -2.24. The molecule has 2 aromatic heterocycles. The second-order valence-electron chi connectivity index (χ2n) is 10.0. The molecular formula is C29H25F2N7O2. The van der Waals surface area contributed by atoms with E-state index in [1.54, 1.807) is 39.9 Å². The largest absolute Gasteiger partial charge is 0.457 e. The molecule has 11 heteroatoms. The van der Waals surface area contributed by atoms with E-state index in [0.717, 1.165) is 43.9 Å². The highest BCUT2D eigenvalue weighted by atomic mass is 19.1. The van der Waals surface area contributed by atoms with Crippen LogP contribution in [0.2, 0.25) is 0 Å². The molecule has 0 radical (unpaired) electrons. The summed E-state index contributed by atoms with van der Waals surface area (Å²) in [5, 5.41) is 15.0. The molecule has 9 nitrogen and oxygen atoms in total. The minimum Gasteiger partial charge on any atom is -0.457 e. The van der Waals surface area contributed by atoms with Crippen molar-refractivity contribution in [1.29, 1.82) is 5.26 Å². The second kappa shape index (κ2) is 10.4. The van der Waals surface area contributed by atoms with E-state index in [2.05, 4.69) is 16.0 Å². The maximum atomic E-state index is 13.5. The van der Waals surface area contributed by atoms with Gasteiger partial charge in [0, 0.05) is 30.3 Å². The van der Waals surface area contributed by atoms with E-state index >= 15 is 0 Å². The van der Waals surface area contributed by atoms with Crippen molar-refractivity contribution in [2.45, 2.75) is 38.3 Å². The average molecular weight is 542 g/mol. The third-order valence-corrected chi connectivity index (χ3v) is 7.16. The highest BCUT2D eigenvalue weighted by Gasteiger charge is 2.33. The van der Waals surface area contributed by atoms with E-state index in [4.69, 9.17) is 15.6 Å². The van der Waals surface area contributed by atoms with Crippen molar-refractivity contribution in [3.8, 4) is 28.8 Å². The lowest BCUT2D eigenvalue weighted by atomic mass is 10.1. The van der Waals surface area contributed by atoms with Crippen LogP contribution in [0.3, 0.4) is 0 Å². The lowest BCUT2D eigenvalue weighted by Crippen LogP contribution is -2.39. The number of ether oxygens (including phenoxy) is 1. The monoisotopic (exact) mass is 541 g/mol. The molecular weight excluding hydrogens is 516 g/mol. The summed E-state index contributed by atoms with van der Waals surface area (Å²) in [6.45, 7) is 0.959. The normalized spacial score (nSPS) is 17.3. The number of fused-ring (bicyclic) bond motifs is 1. The Morgan fingerprint density at radius 3 is 2.55 bits per heavy atom. The van der Waals surface area contributed by atoms with Crippen LogP contribution >= 0.6 is 0 Å². The van der Waals surface area contributed by atoms with Crippen molar-refractivity contribution in [2.75, 3.05) is 12.3 Å². The van der Waals surface area contributed by atoms with Crippen LogP contribution in [-0.4, -0.2) is 43.1 Å². The van der Waals surface area contributed by atoms with Crippen LogP contribution < -0.4 is 10.5 Å². The van der Waals surface area contributed by atoms with Crippen molar-refractivity contribution in [3.05, 3.63) is 72.1 Å². The molecule has 40 heavy (non-hydrogen) atoms. The molecule has 0 spiro atoms. The summed E-state index contributed by atoms with van der Waals surface area (Å²) < 4.78 is 34.4. The number of hydrogen-bond donors (Lipinski definition) is 1. The number of amides is 1. The number of aromatic nitrogens is 4. The SMILES string of the molecule is N#CC(=CC1CC1)C(=O)N1CCC[C@H]1Cn1nc(-c2ccc(Oc3cc(F)cc(F)c3)cc2)c2c(N)ncnc21. The maximum Gasteiger partial charge on any atom is 0.264 e. The number of halogens is 2. The van der Waals surface area contributed by atoms with Crippen LogP contribution in [0.25, 0.3) is 22.3 Å². The Labute approximate surface area is 228 Å². The van der Waals surface area contributed by atoms with Crippen LogP contribution in [0.1, 0.15) is 25.7 Å². The summed E-state index contributed by atoms with van der Waals surface area (Å²) >= 11 is 0. The molecule has 1 saturated carbocycles. The molecule has 3 heterocycles. The predicted molar refractivity (Wildman–Crippen MR) is 143 cm³/mol. The minimum absolute atomic E-state index is 0.0415. The van der Waals surface area contributed by atoms with Gasteiger partial charge >= 0.3 is 0 Å². The molecule has 2 fully saturated rings. The molecule has 6 rings (SSSR count). The molecule has 1 saturated heterocycles. The van der Waals surface area contributed by atoms with Crippen molar-refractivity contribution in [1.82, 2.24) is 24.6 Å². The molecule has 1 aliphatic heterocycles. The number of nitrogens with two attached hydrogens (primary N) is 1. The number of nitrogen functional groups attached to an aromatic ring is 1. The topological polar surface area (TPSA) is 123 Å². The van der Waals surface area contributed by atoms with Gasteiger partial charge in [0.15, 0.2) is 5.65 Å². The van der Waals surface area contributed by atoms with Gasteiger partial charge in [0.25, 0.3) is 5.91 Å². The fourth-order valence-electron chi connectivity index (χ4n) is 5.07. The molecule has 0 bridgehead atoms. The maximum absolute atomic E-state index is 13.5. The van der Waals surface area contributed by atoms with Crippen molar-refractivity contribution < 1.29 is 18.3 Å². The van der Waals surface area contributed by atoms with Crippen molar-refractivity contribution >= 4 is 22.8 Å². The molecule has 1 atom stereocenters. The van der Waals surface area contributed by atoms with E-state index < -0.39 is 11.6 Å². The van der Waals surface area contributed by atoms with Gasteiger partial charge in [-0.3, -0.25) is 4.79 Å². The first kappa shape index (κ1) is 25.4. The summed E-state index contributed by atoms with van der Waals surface area (Å²) in [5.41, 5.74) is 8.26. The van der Waals surface area contributed by atoms with E-state index in [-0.39, 0.29) is 29.1 Å². The number of carbonyl (C=O) groups is 1. The first-order valence-corrected chi connectivity index (χ1v) is 13.0. The zero-order chi connectivity index (χ0) is 27.8. The zero-order valence-corrected chi connectivity index (χ0v) is 21.4. The van der Waals surface area contributed by atoms with Crippen LogP contribution in [0.4, 0.5) is 14.6 Å². The van der Waals surface area contributed by atoms with E-state index in [1.807, 2.05) is 0 Å². The molecule has 0 unspecified atom stereocenters. The Morgan fingerprint density at radius 1 is 1.10 bits per heavy atom. The quantitative estimate of drug-likeness (QED) is 0.258. The van der Waals surface area contributed by atoms with Gasteiger partial charge in [-0.25, -0.2) is 23.4 Å². The number of anilines is 1. The number of nitrogens with zero attached hydrogens (tertiary/aromatic N) is 6. The average Bonchev–Trinajstić information content (AvgIpc) is 3.51. The van der Waals surface area contributed by atoms with E-state index in [0.29, 0.717) is 47.0 Å². The first-order chi connectivity index (χ1) is 19.4. The standard InChI is InChI=1S/C29H25F2N7O2/c30-20-11-21(31)13-24(12-20)40-23-7-5-18(6-8-23)26-25-27(33)34-16-35-28(25)38(36-26)15-22-2-1-9-37(22)29(39)19(14-32)10-17-3-4-17/h5-8,10-13,16-17,22H,1-4,9,15H2,(H2,33,34,35)/t22-/m0/s1. The van der Waals surface area contributed by atoms with E-state index in [1.165, 1.54) is 6.33 Å². The second-order valence-corrected chi connectivity index (χ2v) is 10.0. The molecule has 1 aliphatic carbocycles. The van der Waals surface area contributed by atoms with Gasteiger partial charge in [-0.05, 0) is 55.9 Å². The lowest BCUT2D eigenvalue weighted by molar-refractivity contribution is -0.127. The summed E-state index contributed by atoms with van der Waals surface area (Å²) in [7, 11) is 0. The van der Waals surface area contributed by atoms with Crippen LogP contribution in [0, 0.1) is 28.9 Å². The Kier molecular flexibility index (Phi) is 6.59. The summed E-state index contributed by atoms with van der Waals surface area (Å²) in [6, 6.07) is 11.8. The predicted octanol–water partition coefficient (Wildman–Crippen LogP) is 5.00. The van der Waals surface area contributed by atoms with Gasteiger partial charge < -0.3 is 15.4 Å². The van der Waals surface area contributed by atoms with Gasteiger partial charge in [-0.15, -0.1) is 0 Å². The first-order valence-electron chi connectivity index (χ1n) is 13.0. The van der Waals surface area contributed by atoms with Gasteiger partial charge in [-0.2, -0.15) is 10.4 Å². The number of hydrogen-bond acceptors (Lipinski definition) is 7. The summed E-state index contributed by atoms with van der Waals surface area (Å²) in [5.74, 6) is -0.691. The Bertz CT molecular complexity index is 1650. The van der Waals surface area contributed by atoms with Crippen LogP contribution in [0.5, 0.6) is 11.5 Å². The van der Waals surface area contributed by atoms with Gasteiger partial charge in [0.2, 0.25) is 0 Å². The van der Waals surface area contributed by atoms with Gasteiger partial charge in [0.05, 0.1) is 18.0 Å². The van der Waals surface area contributed by atoms with Crippen LogP contribution in [0.15, 0.2) is 60.4 Å². The van der Waals surface area contributed by atoms with Gasteiger partial charge in [0.1, 0.15) is 52.6 Å². The van der Waals surface area contributed by atoms with E-state index in [9.17, 15) is 18.8 Å². The fourth-order valence-corrected chi connectivity index (χ4v) is 5.07. The minimum atomic E-state index is -0.732. The highest BCUT2D eigenvalue weighted by Crippen LogP contribution is 2.34. The van der Waals surface area contributed by atoms with Crippen molar-refractivity contribution in [2.24, 2.45) is 5.92 Å². The smallest absolute Gasteiger partial charge is 0.264 e. The number of nitriles is 1. The molecule has 2 N–H and O–H groups in total. The fraction of sp³-hybridized carbons (Fsp3) is 0.276. The number of likely N-dealkylation sites (tertiary alicyclic amines) is 1. The third kappa shape index (κ3) is 5.08. The zero-order valence-electron chi connectivity index (χ0n) is 21.4. The number of rotatable bonds is 7. The molecule has 2 aliphatic rings. The van der Waals surface area contributed by atoms with Crippen molar-refractivity contribution in [3.63, 3.8) is 0 Å². The Balaban J connectivity index is 1.28. The third-order valence-electron chi connectivity index (χ3n) is 7.16. The summed E-state index contributed by atoms with van der Waals surface area (Å²) in [4.78, 5) is 23.5. The highest BCUT2D eigenvalue weighted by molar-refractivity contribution is 5.99. The molecule has 4 aromatic rings.